The van der Waals surface area contributed by atoms with E-state index in [0.717, 1.165) is 25.7 Å². The van der Waals surface area contributed by atoms with Gasteiger partial charge in [-0.1, -0.05) is 12.8 Å². The van der Waals surface area contributed by atoms with Crippen LogP contribution in [0.4, 0.5) is 0 Å². The van der Waals surface area contributed by atoms with Crippen LogP contribution in [0.1, 0.15) is 39.0 Å². The second kappa shape index (κ2) is 6.77. The highest BCUT2D eigenvalue weighted by Crippen LogP contribution is 2.28. The summed E-state index contributed by atoms with van der Waals surface area (Å²) >= 11 is 0. The molecule has 1 aliphatic carbocycles. The molecule has 0 aromatic carbocycles. The van der Waals surface area contributed by atoms with Crippen molar-refractivity contribution in [2.24, 2.45) is 11.8 Å². The van der Waals surface area contributed by atoms with Gasteiger partial charge in [-0.3, -0.25) is 9.59 Å². The van der Waals surface area contributed by atoms with Crippen molar-refractivity contribution in [3.05, 3.63) is 0 Å². The van der Waals surface area contributed by atoms with Crippen molar-refractivity contribution in [3.63, 3.8) is 0 Å². The molecule has 1 saturated heterocycles. The number of nitrogens with one attached hydrogen (secondary N) is 2. The zero-order valence-corrected chi connectivity index (χ0v) is 13.2. The van der Waals surface area contributed by atoms with E-state index < -0.39 is 15.9 Å². The Bertz CT molecular complexity index is 497. The standard InChI is InChI=1S/C14H24N2O4S/c1-10(17)16-13(12-4-2-3-5-12)14(18)15-8-11-6-7-21(19,20)9-11/h11-13H,2-9H2,1H3,(H,15,18)(H,16,17)/t11-,13-/m0/s1. The minimum atomic E-state index is -2.92. The Kier molecular flexibility index (Phi) is 5.24. The highest BCUT2D eigenvalue weighted by Gasteiger charge is 2.33. The fourth-order valence-electron chi connectivity index (χ4n) is 3.30. The van der Waals surface area contributed by atoms with Crippen molar-refractivity contribution in [2.45, 2.75) is 45.1 Å². The van der Waals surface area contributed by atoms with E-state index in [9.17, 15) is 18.0 Å². The summed E-state index contributed by atoms with van der Waals surface area (Å²) in [5.41, 5.74) is 0. The van der Waals surface area contributed by atoms with Crippen LogP contribution in [0.25, 0.3) is 0 Å². The highest BCUT2D eigenvalue weighted by molar-refractivity contribution is 7.91. The van der Waals surface area contributed by atoms with Crippen molar-refractivity contribution in [1.29, 1.82) is 0 Å². The average Bonchev–Trinajstić information content (AvgIpc) is 3.02. The van der Waals surface area contributed by atoms with Gasteiger partial charge in [-0.2, -0.15) is 0 Å². The molecule has 0 aromatic heterocycles. The van der Waals surface area contributed by atoms with Crippen molar-refractivity contribution < 1.29 is 18.0 Å². The van der Waals surface area contributed by atoms with Crippen LogP contribution in [0.5, 0.6) is 0 Å². The van der Waals surface area contributed by atoms with Crippen LogP contribution >= 0.6 is 0 Å². The molecule has 2 aliphatic rings. The van der Waals surface area contributed by atoms with Crippen molar-refractivity contribution >= 4 is 21.7 Å². The van der Waals surface area contributed by atoms with E-state index in [1.807, 2.05) is 0 Å². The lowest BCUT2D eigenvalue weighted by molar-refractivity contribution is -0.129. The second-order valence-electron chi connectivity index (χ2n) is 6.24. The van der Waals surface area contributed by atoms with Gasteiger partial charge < -0.3 is 10.6 Å². The number of carbonyl (C=O) groups is 2. The van der Waals surface area contributed by atoms with Crippen LogP contribution in [-0.4, -0.2) is 44.3 Å². The fraction of sp³-hybridized carbons (Fsp3) is 0.857. The van der Waals surface area contributed by atoms with Crippen LogP contribution in [0.15, 0.2) is 0 Å². The maximum Gasteiger partial charge on any atom is 0.242 e. The van der Waals surface area contributed by atoms with Crippen molar-refractivity contribution in [2.75, 3.05) is 18.1 Å². The zero-order valence-electron chi connectivity index (χ0n) is 12.4. The molecule has 0 spiro atoms. The lowest BCUT2D eigenvalue weighted by Gasteiger charge is -2.24. The molecule has 120 valence electrons. The molecule has 7 heteroatoms. The van der Waals surface area contributed by atoms with Crippen LogP contribution in [0.2, 0.25) is 0 Å². The van der Waals surface area contributed by atoms with E-state index in [2.05, 4.69) is 10.6 Å². The maximum absolute atomic E-state index is 12.3. The van der Waals surface area contributed by atoms with E-state index in [-0.39, 0.29) is 35.2 Å². The first-order valence-corrected chi connectivity index (χ1v) is 9.45. The largest absolute Gasteiger partial charge is 0.354 e. The lowest BCUT2D eigenvalue weighted by atomic mass is 9.97. The molecule has 2 N–H and O–H groups in total. The molecular formula is C14H24N2O4S. The normalized spacial score (nSPS) is 26.4. The molecule has 1 heterocycles. The van der Waals surface area contributed by atoms with E-state index >= 15 is 0 Å². The molecule has 1 aliphatic heterocycles. The Morgan fingerprint density at radius 2 is 1.86 bits per heavy atom. The molecule has 6 nitrogen and oxygen atoms in total. The third kappa shape index (κ3) is 4.69. The van der Waals surface area contributed by atoms with E-state index in [4.69, 9.17) is 0 Å². The maximum atomic E-state index is 12.3. The minimum Gasteiger partial charge on any atom is -0.354 e. The van der Waals surface area contributed by atoms with Gasteiger partial charge in [0.05, 0.1) is 11.5 Å². The van der Waals surface area contributed by atoms with Gasteiger partial charge in [0.2, 0.25) is 11.8 Å². The molecule has 0 radical (unpaired) electrons. The molecule has 1 saturated carbocycles. The van der Waals surface area contributed by atoms with Gasteiger partial charge >= 0.3 is 0 Å². The summed E-state index contributed by atoms with van der Waals surface area (Å²) in [5, 5.41) is 5.57. The van der Waals surface area contributed by atoms with Crippen molar-refractivity contribution in [1.82, 2.24) is 10.6 Å². The first-order valence-electron chi connectivity index (χ1n) is 7.62. The third-order valence-corrected chi connectivity index (χ3v) is 6.24. The molecule has 2 atom stereocenters. The Hall–Kier alpha value is -1.11. The van der Waals surface area contributed by atoms with Crippen LogP contribution in [0.3, 0.4) is 0 Å². The van der Waals surface area contributed by atoms with E-state index in [1.165, 1.54) is 6.92 Å². The number of hydrogen-bond acceptors (Lipinski definition) is 4. The van der Waals surface area contributed by atoms with E-state index in [1.54, 1.807) is 0 Å². The first-order chi connectivity index (χ1) is 9.87. The number of rotatable bonds is 5. The Labute approximate surface area is 126 Å². The molecular weight excluding hydrogens is 292 g/mol. The quantitative estimate of drug-likeness (QED) is 0.759. The van der Waals surface area contributed by atoms with Gasteiger partial charge in [0, 0.05) is 13.5 Å². The predicted octanol–water partition coefficient (Wildman–Crippen LogP) is 0.232. The third-order valence-electron chi connectivity index (χ3n) is 4.40. The molecule has 0 bridgehead atoms. The van der Waals surface area contributed by atoms with Crippen LogP contribution in [0, 0.1) is 11.8 Å². The SMILES string of the molecule is CC(=O)N[C@H](C(=O)NC[C@@H]1CCS(=O)(=O)C1)C1CCCC1. The van der Waals surface area contributed by atoms with Gasteiger partial charge in [0.1, 0.15) is 6.04 Å². The molecule has 2 amide bonds. The summed E-state index contributed by atoms with van der Waals surface area (Å²) in [6.07, 6.45) is 4.70. The minimum absolute atomic E-state index is 0.000469. The van der Waals surface area contributed by atoms with Crippen LogP contribution < -0.4 is 10.6 Å². The Balaban J connectivity index is 1.87. The van der Waals surface area contributed by atoms with Gasteiger partial charge in [-0.15, -0.1) is 0 Å². The lowest BCUT2D eigenvalue weighted by Crippen LogP contribution is -2.50. The van der Waals surface area contributed by atoms with Gasteiger partial charge in [0.15, 0.2) is 9.84 Å². The first kappa shape index (κ1) is 16.3. The fourth-order valence-corrected chi connectivity index (χ4v) is 5.16. The van der Waals surface area contributed by atoms with Gasteiger partial charge in [0.25, 0.3) is 0 Å². The molecule has 0 aromatic rings. The van der Waals surface area contributed by atoms with Crippen molar-refractivity contribution in [3.8, 4) is 0 Å². The second-order valence-corrected chi connectivity index (χ2v) is 8.47. The zero-order chi connectivity index (χ0) is 15.5. The van der Waals surface area contributed by atoms with Crippen LogP contribution in [-0.2, 0) is 19.4 Å². The van der Waals surface area contributed by atoms with E-state index in [0.29, 0.717) is 13.0 Å². The number of hydrogen-bond donors (Lipinski definition) is 2. The molecule has 21 heavy (non-hydrogen) atoms. The summed E-state index contributed by atoms with van der Waals surface area (Å²) in [5.74, 6) is 0.181. The monoisotopic (exact) mass is 316 g/mol. The van der Waals surface area contributed by atoms with Gasteiger partial charge in [-0.05, 0) is 31.1 Å². The number of sulfone groups is 1. The topological polar surface area (TPSA) is 92.3 Å². The Morgan fingerprint density at radius 1 is 1.19 bits per heavy atom. The van der Waals surface area contributed by atoms with Gasteiger partial charge in [-0.25, -0.2) is 8.42 Å². The summed E-state index contributed by atoms with van der Waals surface area (Å²) in [4.78, 5) is 23.6. The summed E-state index contributed by atoms with van der Waals surface area (Å²) < 4.78 is 22.8. The summed E-state index contributed by atoms with van der Waals surface area (Å²) in [7, 11) is -2.92. The highest BCUT2D eigenvalue weighted by atomic mass is 32.2. The molecule has 2 rings (SSSR count). The average molecular weight is 316 g/mol. The molecule has 0 unspecified atom stereocenters. The predicted molar refractivity (Wildman–Crippen MR) is 79.3 cm³/mol. The Morgan fingerprint density at radius 3 is 2.38 bits per heavy atom. The number of carbonyl (C=O) groups excluding carboxylic acids is 2. The molecule has 2 fully saturated rings. The summed E-state index contributed by atoms with van der Waals surface area (Å²) in [6, 6.07) is -0.483. The number of amides is 2. The summed E-state index contributed by atoms with van der Waals surface area (Å²) in [6.45, 7) is 1.79. The smallest absolute Gasteiger partial charge is 0.242 e.